The van der Waals surface area contributed by atoms with Crippen molar-refractivity contribution >= 4 is 5.97 Å². The van der Waals surface area contributed by atoms with Crippen LogP contribution in [-0.2, 0) is 9.53 Å². The van der Waals surface area contributed by atoms with Crippen LogP contribution >= 0.6 is 0 Å². The van der Waals surface area contributed by atoms with Crippen LogP contribution in [0.5, 0.6) is 0 Å². The van der Waals surface area contributed by atoms with Gasteiger partial charge in [0.15, 0.2) is 0 Å². The van der Waals surface area contributed by atoms with Crippen LogP contribution in [0.1, 0.15) is 26.2 Å². The van der Waals surface area contributed by atoms with Crippen LogP contribution in [0.25, 0.3) is 0 Å². The summed E-state index contributed by atoms with van der Waals surface area (Å²) in [5.41, 5.74) is 0.216. The zero-order chi connectivity index (χ0) is 12.5. The zero-order valence-electron chi connectivity index (χ0n) is 10.8. The van der Waals surface area contributed by atoms with E-state index in [1.807, 2.05) is 0 Å². The molecule has 4 nitrogen and oxygen atoms in total. The van der Waals surface area contributed by atoms with E-state index >= 15 is 0 Å². The van der Waals surface area contributed by atoms with Crippen molar-refractivity contribution in [1.29, 1.82) is 0 Å². The SMILES string of the molecule is CCC1CN(CCO)CC(C(=O)OC)C12CC2. The van der Waals surface area contributed by atoms with Gasteiger partial charge in [0.2, 0.25) is 0 Å². The molecule has 2 aliphatic rings. The van der Waals surface area contributed by atoms with Crippen LogP contribution in [0.2, 0.25) is 0 Å². The van der Waals surface area contributed by atoms with E-state index in [1.165, 1.54) is 7.11 Å². The number of aliphatic hydroxyl groups is 1. The van der Waals surface area contributed by atoms with Gasteiger partial charge in [-0.05, 0) is 24.2 Å². The van der Waals surface area contributed by atoms with Crippen molar-refractivity contribution in [3.05, 3.63) is 0 Å². The van der Waals surface area contributed by atoms with Gasteiger partial charge in [-0.1, -0.05) is 13.3 Å². The Kier molecular flexibility index (Phi) is 3.73. The van der Waals surface area contributed by atoms with E-state index in [2.05, 4.69) is 11.8 Å². The van der Waals surface area contributed by atoms with Gasteiger partial charge in [0, 0.05) is 19.6 Å². The van der Waals surface area contributed by atoms with Crippen LogP contribution < -0.4 is 0 Å². The number of carbonyl (C=O) groups is 1. The van der Waals surface area contributed by atoms with Crippen LogP contribution in [0.3, 0.4) is 0 Å². The Morgan fingerprint density at radius 2 is 2.18 bits per heavy atom. The predicted molar refractivity (Wildman–Crippen MR) is 64.5 cm³/mol. The smallest absolute Gasteiger partial charge is 0.310 e. The Morgan fingerprint density at radius 3 is 2.65 bits per heavy atom. The number of likely N-dealkylation sites (tertiary alicyclic amines) is 1. The lowest BCUT2D eigenvalue weighted by Crippen LogP contribution is -2.51. The normalized spacial score (nSPS) is 31.5. The first kappa shape index (κ1) is 12.8. The number of hydrogen-bond donors (Lipinski definition) is 1. The van der Waals surface area contributed by atoms with Gasteiger partial charge in [0.1, 0.15) is 0 Å². The van der Waals surface area contributed by atoms with Gasteiger partial charge in [-0.25, -0.2) is 0 Å². The second kappa shape index (κ2) is 4.94. The molecule has 1 N–H and O–H groups in total. The molecule has 1 heterocycles. The molecule has 1 aliphatic carbocycles. The average Bonchev–Trinajstić information content (AvgIpc) is 3.12. The number of piperidine rings is 1. The first-order valence-corrected chi connectivity index (χ1v) is 6.59. The van der Waals surface area contributed by atoms with Crippen molar-refractivity contribution < 1.29 is 14.6 Å². The van der Waals surface area contributed by atoms with E-state index < -0.39 is 0 Å². The van der Waals surface area contributed by atoms with E-state index in [9.17, 15) is 4.79 Å². The van der Waals surface area contributed by atoms with E-state index in [1.54, 1.807) is 0 Å². The molecule has 0 aromatic heterocycles. The monoisotopic (exact) mass is 241 g/mol. The minimum Gasteiger partial charge on any atom is -0.469 e. The number of aliphatic hydroxyl groups excluding tert-OH is 1. The lowest BCUT2D eigenvalue weighted by molar-refractivity contribution is -0.153. The highest BCUT2D eigenvalue weighted by Crippen LogP contribution is 2.61. The molecule has 2 unspecified atom stereocenters. The first-order valence-electron chi connectivity index (χ1n) is 6.59. The Labute approximate surface area is 103 Å². The van der Waals surface area contributed by atoms with Crippen molar-refractivity contribution in [1.82, 2.24) is 4.90 Å². The second-order valence-corrected chi connectivity index (χ2v) is 5.40. The fourth-order valence-electron chi connectivity index (χ4n) is 3.50. The summed E-state index contributed by atoms with van der Waals surface area (Å²) in [6.45, 7) is 4.80. The molecule has 0 aromatic carbocycles. The molecule has 1 spiro atoms. The lowest BCUT2D eigenvalue weighted by Gasteiger charge is -2.43. The van der Waals surface area contributed by atoms with Crippen LogP contribution in [0.4, 0.5) is 0 Å². The predicted octanol–water partition coefficient (Wildman–Crippen LogP) is 0.890. The summed E-state index contributed by atoms with van der Waals surface area (Å²) in [6.07, 6.45) is 3.44. The highest BCUT2D eigenvalue weighted by Gasteiger charge is 2.59. The Bertz CT molecular complexity index is 288. The van der Waals surface area contributed by atoms with Crippen LogP contribution in [0, 0.1) is 17.3 Å². The summed E-state index contributed by atoms with van der Waals surface area (Å²) in [5, 5.41) is 9.05. The molecule has 2 rings (SSSR count). The number of rotatable bonds is 4. The van der Waals surface area contributed by atoms with Gasteiger partial charge in [-0.15, -0.1) is 0 Å². The largest absolute Gasteiger partial charge is 0.469 e. The average molecular weight is 241 g/mol. The Hall–Kier alpha value is -0.610. The zero-order valence-corrected chi connectivity index (χ0v) is 10.8. The summed E-state index contributed by atoms with van der Waals surface area (Å²) in [5.74, 6) is 0.522. The highest BCUT2D eigenvalue weighted by molar-refractivity contribution is 5.74. The summed E-state index contributed by atoms with van der Waals surface area (Å²) >= 11 is 0. The van der Waals surface area contributed by atoms with Gasteiger partial charge in [-0.2, -0.15) is 0 Å². The van der Waals surface area contributed by atoms with Gasteiger partial charge in [-0.3, -0.25) is 9.69 Å². The molecule has 4 heteroatoms. The van der Waals surface area contributed by atoms with Gasteiger partial charge >= 0.3 is 5.97 Å². The van der Waals surface area contributed by atoms with E-state index in [0.717, 1.165) is 32.4 Å². The number of methoxy groups -OCH3 is 1. The van der Waals surface area contributed by atoms with Gasteiger partial charge in [0.25, 0.3) is 0 Å². The van der Waals surface area contributed by atoms with Crippen molar-refractivity contribution in [3.63, 3.8) is 0 Å². The third kappa shape index (κ3) is 2.20. The lowest BCUT2D eigenvalue weighted by atomic mass is 9.73. The van der Waals surface area contributed by atoms with Crippen molar-refractivity contribution in [2.45, 2.75) is 26.2 Å². The van der Waals surface area contributed by atoms with E-state index in [-0.39, 0.29) is 23.9 Å². The molecule has 17 heavy (non-hydrogen) atoms. The third-order valence-corrected chi connectivity index (χ3v) is 4.65. The quantitative estimate of drug-likeness (QED) is 0.743. The molecule has 0 radical (unpaired) electrons. The highest BCUT2D eigenvalue weighted by atomic mass is 16.5. The number of carbonyl (C=O) groups excluding carboxylic acids is 1. The fourth-order valence-corrected chi connectivity index (χ4v) is 3.50. The summed E-state index contributed by atoms with van der Waals surface area (Å²) in [6, 6.07) is 0. The number of hydrogen-bond acceptors (Lipinski definition) is 4. The van der Waals surface area contributed by atoms with Crippen molar-refractivity contribution in [2.24, 2.45) is 17.3 Å². The minimum atomic E-state index is -0.0661. The Balaban J connectivity index is 2.13. The number of ether oxygens (including phenoxy) is 1. The summed E-state index contributed by atoms with van der Waals surface area (Å²) in [7, 11) is 1.48. The standard InChI is InChI=1S/C13H23NO3/c1-3-10-8-14(6-7-15)9-11(12(16)17-2)13(10)4-5-13/h10-11,15H,3-9H2,1-2H3. The maximum absolute atomic E-state index is 11.9. The maximum atomic E-state index is 11.9. The molecule has 1 saturated carbocycles. The summed E-state index contributed by atoms with van der Waals surface area (Å²) in [4.78, 5) is 14.1. The summed E-state index contributed by atoms with van der Waals surface area (Å²) < 4.78 is 4.96. The molecular weight excluding hydrogens is 218 g/mol. The minimum absolute atomic E-state index is 0.0118. The van der Waals surface area contributed by atoms with E-state index in [0.29, 0.717) is 12.5 Å². The molecule has 98 valence electrons. The molecule has 2 atom stereocenters. The van der Waals surface area contributed by atoms with Gasteiger partial charge in [0.05, 0.1) is 19.6 Å². The van der Waals surface area contributed by atoms with Crippen LogP contribution in [-0.4, -0.2) is 49.3 Å². The third-order valence-electron chi connectivity index (χ3n) is 4.65. The first-order chi connectivity index (χ1) is 8.17. The molecule has 1 saturated heterocycles. The topological polar surface area (TPSA) is 49.8 Å². The molecular formula is C13H23NO3. The van der Waals surface area contributed by atoms with Crippen molar-refractivity contribution in [3.8, 4) is 0 Å². The fraction of sp³-hybridized carbons (Fsp3) is 0.923. The second-order valence-electron chi connectivity index (χ2n) is 5.40. The van der Waals surface area contributed by atoms with E-state index in [4.69, 9.17) is 9.84 Å². The molecule has 0 aromatic rings. The number of nitrogens with zero attached hydrogens (tertiary/aromatic N) is 1. The molecule has 0 amide bonds. The molecule has 2 fully saturated rings. The van der Waals surface area contributed by atoms with Crippen molar-refractivity contribution in [2.75, 3.05) is 33.4 Å². The molecule has 0 bridgehead atoms. The number of β-amino-alcohol motifs (C(OH)–C–C–N with tert-alkyl or cyclic N) is 1. The number of esters is 1. The van der Waals surface area contributed by atoms with Gasteiger partial charge < -0.3 is 9.84 Å². The maximum Gasteiger partial charge on any atom is 0.310 e. The molecule has 1 aliphatic heterocycles. The Morgan fingerprint density at radius 1 is 1.47 bits per heavy atom. The van der Waals surface area contributed by atoms with Crippen LogP contribution in [0.15, 0.2) is 0 Å².